The SMILES string of the molecule is O=CC1CN([C@H](CC2CC2)C(=O)O)CC1c1cccc(F)c1. The van der Waals surface area contributed by atoms with Gasteiger partial charge in [0.05, 0.1) is 0 Å². The summed E-state index contributed by atoms with van der Waals surface area (Å²) in [6, 6.07) is 5.73. The van der Waals surface area contributed by atoms with Crippen LogP contribution in [0, 0.1) is 17.7 Å². The molecule has 1 aromatic rings. The van der Waals surface area contributed by atoms with Gasteiger partial charge >= 0.3 is 5.97 Å². The minimum Gasteiger partial charge on any atom is -0.480 e. The number of hydrogen-bond donors (Lipinski definition) is 1. The average molecular weight is 305 g/mol. The minimum atomic E-state index is -0.823. The highest BCUT2D eigenvalue weighted by molar-refractivity contribution is 5.74. The molecular formula is C17H20FNO3. The van der Waals surface area contributed by atoms with Crippen LogP contribution in [0.5, 0.6) is 0 Å². The Kier molecular flexibility index (Phi) is 4.25. The highest BCUT2D eigenvalue weighted by Crippen LogP contribution is 2.38. The fraction of sp³-hybridized carbons (Fsp3) is 0.529. The van der Waals surface area contributed by atoms with Crippen molar-refractivity contribution in [1.82, 2.24) is 4.90 Å². The van der Waals surface area contributed by atoms with Crippen molar-refractivity contribution in [2.75, 3.05) is 13.1 Å². The van der Waals surface area contributed by atoms with Crippen molar-refractivity contribution in [2.45, 2.75) is 31.2 Å². The molecule has 1 saturated heterocycles. The number of carboxylic acids is 1. The molecule has 1 saturated carbocycles. The molecule has 118 valence electrons. The second kappa shape index (κ2) is 6.16. The predicted molar refractivity (Wildman–Crippen MR) is 79.0 cm³/mol. The second-order valence-corrected chi connectivity index (χ2v) is 6.45. The Bertz CT molecular complexity index is 573. The van der Waals surface area contributed by atoms with Gasteiger partial charge in [-0.25, -0.2) is 4.39 Å². The Morgan fingerprint density at radius 3 is 2.77 bits per heavy atom. The lowest BCUT2D eigenvalue weighted by Crippen LogP contribution is -2.40. The number of carboxylic acid groups (broad SMARTS) is 1. The number of carbonyl (C=O) groups excluding carboxylic acids is 1. The van der Waals surface area contributed by atoms with Crippen molar-refractivity contribution in [1.29, 1.82) is 0 Å². The monoisotopic (exact) mass is 305 g/mol. The van der Waals surface area contributed by atoms with Gasteiger partial charge in [-0.2, -0.15) is 0 Å². The quantitative estimate of drug-likeness (QED) is 0.819. The van der Waals surface area contributed by atoms with Crippen molar-refractivity contribution in [3.8, 4) is 0 Å². The first-order valence-electron chi connectivity index (χ1n) is 7.76. The Morgan fingerprint density at radius 1 is 1.41 bits per heavy atom. The number of halogens is 1. The van der Waals surface area contributed by atoms with Gasteiger partial charge in [-0.3, -0.25) is 9.69 Å². The number of hydrogen-bond acceptors (Lipinski definition) is 3. The van der Waals surface area contributed by atoms with E-state index in [0.29, 0.717) is 25.4 Å². The maximum Gasteiger partial charge on any atom is 0.320 e. The molecule has 1 N–H and O–H groups in total. The molecule has 2 unspecified atom stereocenters. The van der Waals surface area contributed by atoms with E-state index in [1.807, 2.05) is 11.0 Å². The van der Waals surface area contributed by atoms with Crippen molar-refractivity contribution >= 4 is 12.3 Å². The fourth-order valence-corrected chi connectivity index (χ4v) is 3.42. The number of likely N-dealkylation sites (tertiary alicyclic amines) is 1. The first-order valence-corrected chi connectivity index (χ1v) is 7.76. The van der Waals surface area contributed by atoms with Crippen LogP contribution in [0.4, 0.5) is 4.39 Å². The topological polar surface area (TPSA) is 57.6 Å². The molecular weight excluding hydrogens is 285 g/mol. The van der Waals surface area contributed by atoms with Crippen molar-refractivity contribution < 1.29 is 19.1 Å². The van der Waals surface area contributed by atoms with Crippen molar-refractivity contribution in [3.05, 3.63) is 35.6 Å². The molecule has 5 heteroatoms. The van der Waals surface area contributed by atoms with E-state index in [-0.39, 0.29) is 17.7 Å². The molecule has 0 radical (unpaired) electrons. The summed E-state index contributed by atoms with van der Waals surface area (Å²) >= 11 is 0. The standard InChI is InChI=1S/C17H20FNO3/c18-14-3-1-2-12(7-14)15-9-19(8-13(15)10-20)16(17(21)22)6-11-4-5-11/h1-3,7,10-11,13,15-16H,4-6,8-9H2,(H,21,22)/t13?,15?,16-/m1/s1. The Hall–Kier alpha value is -1.75. The summed E-state index contributed by atoms with van der Waals surface area (Å²) in [6.45, 7) is 0.935. The molecule has 0 aromatic heterocycles. The summed E-state index contributed by atoms with van der Waals surface area (Å²) in [6.07, 6.45) is 3.73. The number of benzene rings is 1. The van der Waals surface area contributed by atoms with Crippen LogP contribution in [0.15, 0.2) is 24.3 Å². The molecule has 1 heterocycles. The largest absolute Gasteiger partial charge is 0.480 e. The van der Waals surface area contributed by atoms with Crippen LogP contribution >= 0.6 is 0 Å². The Labute approximate surface area is 128 Å². The van der Waals surface area contributed by atoms with Crippen LogP contribution < -0.4 is 0 Å². The molecule has 0 bridgehead atoms. The average Bonchev–Trinajstić information content (AvgIpc) is 3.21. The molecule has 0 amide bonds. The fourth-order valence-electron chi connectivity index (χ4n) is 3.42. The molecule has 1 aliphatic carbocycles. The van der Waals surface area contributed by atoms with E-state index in [1.165, 1.54) is 12.1 Å². The first-order chi connectivity index (χ1) is 10.6. The Balaban J connectivity index is 1.78. The van der Waals surface area contributed by atoms with Crippen LogP contribution in [0.3, 0.4) is 0 Å². The smallest absolute Gasteiger partial charge is 0.320 e. The maximum absolute atomic E-state index is 13.4. The lowest BCUT2D eigenvalue weighted by Gasteiger charge is -2.24. The van der Waals surface area contributed by atoms with Crippen molar-refractivity contribution in [2.24, 2.45) is 11.8 Å². The van der Waals surface area contributed by atoms with Gasteiger partial charge in [-0.15, -0.1) is 0 Å². The molecule has 3 atom stereocenters. The van der Waals surface area contributed by atoms with Crippen LogP contribution in [-0.2, 0) is 9.59 Å². The van der Waals surface area contributed by atoms with E-state index in [2.05, 4.69) is 0 Å². The highest BCUT2D eigenvalue weighted by atomic mass is 19.1. The summed E-state index contributed by atoms with van der Waals surface area (Å²) in [5.74, 6) is -1.05. The third-order valence-corrected chi connectivity index (χ3v) is 4.82. The van der Waals surface area contributed by atoms with E-state index >= 15 is 0 Å². The summed E-state index contributed by atoms with van der Waals surface area (Å²) in [5, 5.41) is 9.48. The van der Waals surface area contributed by atoms with Crippen LogP contribution in [-0.4, -0.2) is 41.4 Å². The predicted octanol–water partition coefficient (Wildman–Crippen LogP) is 2.29. The van der Waals surface area contributed by atoms with Crippen LogP contribution in [0.1, 0.15) is 30.7 Å². The number of aliphatic carboxylic acids is 1. The van der Waals surface area contributed by atoms with E-state index in [1.54, 1.807) is 6.07 Å². The van der Waals surface area contributed by atoms with Gasteiger partial charge in [0.15, 0.2) is 0 Å². The molecule has 22 heavy (non-hydrogen) atoms. The summed E-state index contributed by atoms with van der Waals surface area (Å²) < 4.78 is 13.4. The van der Waals surface area contributed by atoms with E-state index in [0.717, 1.165) is 24.7 Å². The van der Waals surface area contributed by atoms with Gasteiger partial charge in [0.2, 0.25) is 0 Å². The summed E-state index contributed by atoms with van der Waals surface area (Å²) in [4.78, 5) is 24.8. The molecule has 2 aliphatic rings. The van der Waals surface area contributed by atoms with Crippen molar-refractivity contribution in [3.63, 3.8) is 0 Å². The molecule has 1 aromatic carbocycles. The number of aldehydes is 1. The zero-order chi connectivity index (χ0) is 15.7. The second-order valence-electron chi connectivity index (χ2n) is 6.45. The highest BCUT2D eigenvalue weighted by Gasteiger charge is 2.41. The number of nitrogens with zero attached hydrogens (tertiary/aromatic N) is 1. The van der Waals surface area contributed by atoms with Gasteiger partial charge in [0.25, 0.3) is 0 Å². The van der Waals surface area contributed by atoms with Gasteiger partial charge in [0, 0.05) is 24.9 Å². The van der Waals surface area contributed by atoms with Gasteiger partial charge in [-0.05, 0) is 30.0 Å². The van der Waals surface area contributed by atoms with Crippen LogP contribution in [0.25, 0.3) is 0 Å². The molecule has 4 nitrogen and oxygen atoms in total. The normalized spacial score (nSPS) is 26.8. The van der Waals surface area contributed by atoms with Gasteiger partial charge in [-0.1, -0.05) is 25.0 Å². The number of carbonyl (C=O) groups is 2. The molecule has 1 aliphatic heterocycles. The molecule has 0 spiro atoms. The van der Waals surface area contributed by atoms with Crippen LogP contribution in [0.2, 0.25) is 0 Å². The lowest BCUT2D eigenvalue weighted by atomic mass is 9.90. The van der Waals surface area contributed by atoms with Gasteiger partial charge < -0.3 is 9.90 Å². The number of rotatable bonds is 6. The third kappa shape index (κ3) is 3.19. The van der Waals surface area contributed by atoms with E-state index in [4.69, 9.17) is 0 Å². The zero-order valence-corrected chi connectivity index (χ0v) is 12.3. The summed E-state index contributed by atoms with van der Waals surface area (Å²) in [5.41, 5.74) is 0.773. The lowest BCUT2D eigenvalue weighted by molar-refractivity contribution is -0.143. The van der Waals surface area contributed by atoms with Gasteiger partial charge in [0.1, 0.15) is 18.1 Å². The molecule has 2 fully saturated rings. The van der Waals surface area contributed by atoms with E-state index in [9.17, 15) is 19.1 Å². The maximum atomic E-state index is 13.4. The van der Waals surface area contributed by atoms with E-state index < -0.39 is 12.0 Å². The molecule has 3 rings (SSSR count). The minimum absolute atomic E-state index is 0.130. The Morgan fingerprint density at radius 2 is 2.18 bits per heavy atom. The summed E-state index contributed by atoms with van der Waals surface area (Å²) in [7, 11) is 0. The third-order valence-electron chi connectivity index (χ3n) is 4.82. The first kappa shape index (κ1) is 15.2. The zero-order valence-electron chi connectivity index (χ0n) is 12.3.